The predicted molar refractivity (Wildman–Crippen MR) is 98.0 cm³/mol. The van der Waals surface area contributed by atoms with Crippen molar-refractivity contribution in [3.63, 3.8) is 0 Å². The van der Waals surface area contributed by atoms with Crippen LogP contribution in [0.5, 0.6) is 11.5 Å². The second-order valence-electron chi connectivity index (χ2n) is 6.04. The van der Waals surface area contributed by atoms with Crippen LogP contribution in [0.25, 0.3) is 0 Å². The van der Waals surface area contributed by atoms with E-state index >= 15 is 0 Å². The summed E-state index contributed by atoms with van der Waals surface area (Å²) < 4.78 is 10.3. The number of hydrogen-bond donors (Lipinski definition) is 0. The number of carbonyl (C=O) groups is 4. The molecule has 0 unspecified atom stereocenters. The van der Waals surface area contributed by atoms with Crippen LogP contribution in [0.15, 0.2) is 48.5 Å². The van der Waals surface area contributed by atoms with Gasteiger partial charge in [-0.15, -0.1) is 0 Å². The number of nitrogens with zero attached hydrogens (tertiary/aromatic N) is 2. The summed E-state index contributed by atoms with van der Waals surface area (Å²) in [5.41, 5.74) is 0.928. The fraction of sp³-hybridized carbons (Fsp3) is 0.200. The molecule has 0 bridgehead atoms. The standard InChI is InChI=1S/C20H18N2O6/c1-27-16-9-8-14(10-17(16)28-2)15(23)12-22-19(25)18(24)21(20(22)26)11-13-6-4-3-5-7-13/h3-10H,11-12H2,1-2H3. The number of ether oxygens (including phenoxy) is 2. The number of ketones is 1. The van der Waals surface area contributed by atoms with Crippen LogP contribution in [-0.4, -0.2) is 54.2 Å². The van der Waals surface area contributed by atoms with Gasteiger partial charge in [-0.3, -0.25) is 19.3 Å². The molecule has 2 aromatic rings. The minimum atomic E-state index is -1.02. The van der Waals surface area contributed by atoms with Crippen LogP contribution >= 0.6 is 0 Å². The number of imide groups is 2. The zero-order valence-corrected chi connectivity index (χ0v) is 15.4. The van der Waals surface area contributed by atoms with E-state index in [1.165, 1.54) is 26.4 Å². The molecule has 0 aliphatic carbocycles. The zero-order chi connectivity index (χ0) is 20.3. The Morgan fingerprint density at radius 2 is 1.50 bits per heavy atom. The quantitative estimate of drug-likeness (QED) is 0.412. The zero-order valence-electron chi connectivity index (χ0n) is 15.4. The second-order valence-corrected chi connectivity index (χ2v) is 6.04. The molecule has 1 aliphatic heterocycles. The molecule has 0 N–H and O–H groups in total. The summed E-state index contributed by atoms with van der Waals surface area (Å²) in [4.78, 5) is 51.0. The molecule has 4 amide bonds. The van der Waals surface area contributed by atoms with Gasteiger partial charge < -0.3 is 9.47 Å². The van der Waals surface area contributed by atoms with Crippen molar-refractivity contribution in [2.45, 2.75) is 6.54 Å². The van der Waals surface area contributed by atoms with Gasteiger partial charge >= 0.3 is 17.8 Å². The molecular weight excluding hydrogens is 364 g/mol. The van der Waals surface area contributed by atoms with E-state index in [2.05, 4.69) is 0 Å². The first-order valence-electron chi connectivity index (χ1n) is 8.42. The first-order chi connectivity index (χ1) is 13.5. The Bertz CT molecular complexity index is 941. The normalized spacial score (nSPS) is 13.9. The van der Waals surface area contributed by atoms with E-state index in [1.54, 1.807) is 36.4 Å². The van der Waals surface area contributed by atoms with Crippen molar-refractivity contribution in [2.75, 3.05) is 20.8 Å². The molecule has 8 heteroatoms. The van der Waals surface area contributed by atoms with Gasteiger partial charge in [-0.1, -0.05) is 30.3 Å². The second kappa shape index (κ2) is 7.91. The molecule has 144 valence electrons. The highest BCUT2D eigenvalue weighted by molar-refractivity contribution is 6.45. The molecule has 28 heavy (non-hydrogen) atoms. The third-order valence-electron chi connectivity index (χ3n) is 4.33. The van der Waals surface area contributed by atoms with Crippen LogP contribution in [0.3, 0.4) is 0 Å². The first-order valence-corrected chi connectivity index (χ1v) is 8.42. The monoisotopic (exact) mass is 382 g/mol. The van der Waals surface area contributed by atoms with Gasteiger partial charge in [-0.2, -0.15) is 0 Å². The van der Waals surface area contributed by atoms with Crippen LogP contribution in [-0.2, 0) is 16.1 Å². The summed E-state index contributed by atoms with van der Waals surface area (Å²) in [5.74, 6) is -1.69. The van der Waals surface area contributed by atoms with Gasteiger partial charge in [0, 0.05) is 5.56 Å². The van der Waals surface area contributed by atoms with E-state index in [9.17, 15) is 19.2 Å². The van der Waals surface area contributed by atoms with Crippen LogP contribution in [0.1, 0.15) is 15.9 Å². The molecule has 3 rings (SSSR count). The highest BCUT2D eigenvalue weighted by Gasteiger charge is 2.45. The Morgan fingerprint density at radius 3 is 2.14 bits per heavy atom. The largest absolute Gasteiger partial charge is 0.493 e. The average Bonchev–Trinajstić information content (AvgIpc) is 2.92. The molecular formula is C20H18N2O6. The van der Waals surface area contributed by atoms with Gasteiger partial charge in [-0.05, 0) is 23.8 Å². The maximum absolute atomic E-state index is 12.6. The molecule has 1 aliphatic rings. The lowest BCUT2D eigenvalue weighted by Crippen LogP contribution is -2.36. The Balaban J connectivity index is 1.76. The minimum absolute atomic E-state index is 0.0364. The Morgan fingerprint density at radius 1 is 0.857 bits per heavy atom. The molecule has 1 fully saturated rings. The van der Waals surface area contributed by atoms with Gasteiger partial charge in [-0.25, -0.2) is 9.69 Å². The van der Waals surface area contributed by atoms with Crippen molar-refractivity contribution in [1.82, 2.24) is 9.80 Å². The average molecular weight is 382 g/mol. The maximum atomic E-state index is 12.6. The van der Waals surface area contributed by atoms with E-state index in [1.807, 2.05) is 0 Å². The first kappa shape index (κ1) is 19.1. The fourth-order valence-corrected chi connectivity index (χ4v) is 2.84. The van der Waals surface area contributed by atoms with Gasteiger partial charge in [0.05, 0.1) is 27.3 Å². The topological polar surface area (TPSA) is 93.2 Å². The number of urea groups is 1. The molecule has 1 heterocycles. The lowest BCUT2D eigenvalue weighted by Gasteiger charge is -2.15. The summed E-state index contributed by atoms with van der Waals surface area (Å²) in [6.07, 6.45) is 0. The smallest absolute Gasteiger partial charge is 0.334 e. The summed E-state index contributed by atoms with van der Waals surface area (Å²) >= 11 is 0. The predicted octanol–water partition coefficient (Wildman–Crippen LogP) is 1.88. The van der Waals surface area contributed by atoms with E-state index < -0.39 is 30.2 Å². The van der Waals surface area contributed by atoms with Crippen LogP contribution < -0.4 is 9.47 Å². The van der Waals surface area contributed by atoms with E-state index in [4.69, 9.17) is 9.47 Å². The number of carbonyl (C=O) groups excluding carboxylic acids is 4. The number of benzene rings is 2. The summed E-state index contributed by atoms with van der Waals surface area (Å²) in [6.45, 7) is -0.574. The molecule has 1 saturated heterocycles. The molecule has 0 spiro atoms. The number of Topliss-reactive ketones (excluding diaryl/α,β-unsaturated/α-hetero) is 1. The Labute approximate surface area is 161 Å². The summed E-state index contributed by atoms with van der Waals surface area (Å²) in [6, 6.07) is 12.5. The lowest BCUT2D eigenvalue weighted by molar-refractivity contribution is -0.143. The van der Waals surface area contributed by atoms with Crippen LogP contribution in [0.2, 0.25) is 0 Å². The van der Waals surface area contributed by atoms with E-state index in [0.29, 0.717) is 22.0 Å². The molecule has 0 aromatic heterocycles. The molecule has 8 nitrogen and oxygen atoms in total. The number of amides is 4. The van der Waals surface area contributed by atoms with E-state index in [-0.39, 0.29) is 12.1 Å². The SMILES string of the molecule is COc1ccc(C(=O)CN2C(=O)C(=O)N(Cc3ccccc3)C2=O)cc1OC. The summed E-state index contributed by atoms with van der Waals surface area (Å²) in [5, 5.41) is 0. The number of rotatable bonds is 7. The third kappa shape index (κ3) is 3.57. The fourth-order valence-electron chi connectivity index (χ4n) is 2.84. The highest BCUT2D eigenvalue weighted by Crippen LogP contribution is 2.28. The number of hydrogen-bond acceptors (Lipinski definition) is 6. The highest BCUT2D eigenvalue weighted by atomic mass is 16.5. The minimum Gasteiger partial charge on any atom is -0.493 e. The van der Waals surface area contributed by atoms with Crippen molar-refractivity contribution in [3.05, 3.63) is 59.7 Å². The van der Waals surface area contributed by atoms with Crippen molar-refractivity contribution in [3.8, 4) is 11.5 Å². The molecule has 0 saturated carbocycles. The van der Waals surface area contributed by atoms with E-state index in [0.717, 1.165) is 4.90 Å². The van der Waals surface area contributed by atoms with Crippen molar-refractivity contribution < 1.29 is 28.7 Å². The van der Waals surface area contributed by atoms with Crippen molar-refractivity contribution in [1.29, 1.82) is 0 Å². The number of methoxy groups -OCH3 is 2. The molecule has 0 atom stereocenters. The van der Waals surface area contributed by atoms with Crippen molar-refractivity contribution in [2.24, 2.45) is 0 Å². The van der Waals surface area contributed by atoms with Crippen molar-refractivity contribution >= 4 is 23.6 Å². The summed E-state index contributed by atoms with van der Waals surface area (Å²) in [7, 11) is 2.90. The van der Waals surface area contributed by atoms with Gasteiger partial charge in [0.2, 0.25) is 0 Å². The van der Waals surface area contributed by atoms with Gasteiger partial charge in [0.1, 0.15) is 0 Å². The Hall–Kier alpha value is -3.68. The van der Waals surface area contributed by atoms with Crippen LogP contribution in [0.4, 0.5) is 4.79 Å². The van der Waals surface area contributed by atoms with Gasteiger partial charge in [0.15, 0.2) is 17.3 Å². The lowest BCUT2D eigenvalue weighted by atomic mass is 10.1. The molecule has 0 radical (unpaired) electrons. The maximum Gasteiger partial charge on any atom is 0.334 e. The Kier molecular flexibility index (Phi) is 5.39. The van der Waals surface area contributed by atoms with Gasteiger partial charge in [0.25, 0.3) is 0 Å². The molecule has 2 aromatic carbocycles. The van der Waals surface area contributed by atoms with Crippen LogP contribution in [0, 0.1) is 0 Å². The third-order valence-corrected chi connectivity index (χ3v) is 4.33.